The third-order valence-corrected chi connectivity index (χ3v) is 5.11. The lowest BCUT2D eigenvalue weighted by molar-refractivity contribution is -0.328. The maximum Gasteiger partial charge on any atom is 0.311 e. The molecule has 192 valence electrons. The zero-order chi connectivity index (χ0) is 26.5. The molecule has 0 spiro atoms. The van der Waals surface area contributed by atoms with Crippen molar-refractivity contribution in [3.05, 3.63) is 58.0 Å². The number of allylic oxidation sites excluding steroid dienone is 2. The van der Waals surface area contributed by atoms with E-state index in [1.165, 1.54) is 0 Å². The maximum atomic E-state index is 12.5. The molecule has 0 amide bonds. The molecule has 34 heavy (non-hydrogen) atoms. The van der Waals surface area contributed by atoms with Crippen molar-refractivity contribution in [1.29, 1.82) is 0 Å². The molecule has 0 atom stereocenters. The van der Waals surface area contributed by atoms with E-state index in [1.54, 1.807) is 26.8 Å². The summed E-state index contributed by atoms with van der Waals surface area (Å²) in [6.45, 7) is 25.5. The van der Waals surface area contributed by atoms with Crippen LogP contribution in [0.5, 0.6) is 5.75 Å². The van der Waals surface area contributed by atoms with Crippen molar-refractivity contribution in [1.82, 2.24) is 5.39 Å². The molecular weight excluding hydrogens is 430 g/mol. The van der Waals surface area contributed by atoms with Crippen molar-refractivity contribution in [3.63, 3.8) is 0 Å². The minimum atomic E-state index is -0.694. The first-order valence-corrected chi connectivity index (χ1v) is 11.9. The summed E-state index contributed by atoms with van der Waals surface area (Å²) in [6.07, 6.45) is 3.37. The van der Waals surface area contributed by atoms with Gasteiger partial charge in [-0.1, -0.05) is 78.1 Å². The number of rotatable bonds is 9. The van der Waals surface area contributed by atoms with Crippen LogP contribution >= 0.6 is 0 Å². The van der Waals surface area contributed by atoms with E-state index in [0.717, 1.165) is 28.7 Å². The second kappa shape index (κ2) is 11.5. The van der Waals surface area contributed by atoms with Crippen molar-refractivity contribution in [2.75, 3.05) is 0 Å². The maximum absolute atomic E-state index is 12.5. The molecule has 6 nitrogen and oxygen atoms in total. The topological polar surface area (TPSA) is 71.1 Å². The minimum absolute atomic E-state index is 0.189. The summed E-state index contributed by atoms with van der Waals surface area (Å²) < 4.78 is 5.36. The Kier molecular flexibility index (Phi) is 10.1. The van der Waals surface area contributed by atoms with Gasteiger partial charge in [-0.3, -0.25) is 9.63 Å². The van der Waals surface area contributed by atoms with E-state index in [9.17, 15) is 10.0 Å². The van der Waals surface area contributed by atoms with Crippen LogP contribution in [0.25, 0.3) is 0 Å². The number of aryl methyl sites for hydroxylation is 1. The van der Waals surface area contributed by atoms with Gasteiger partial charge in [0.25, 0.3) is 0 Å². The van der Waals surface area contributed by atoms with E-state index in [1.807, 2.05) is 26.0 Å². The van der Waals surface area contributed by atoms with Gasteiger partial charge in [-0.25, -0.2) is 0 Å². The van der Waals surface area contributed by atoms with Crippen molar-refractivity contribution in [3.8, 4) is 5.75 Å². The summed E-state index contributed by atoms with van der Waals surface area (Å²) in [7, 11) is 0. The number of carbonyl (C=O) groups excluding carboxylic acids is 1. The zero-order valence-electron chi connectivity index (χ0n) is 23.0. The molecule has 0 fully saturated rings. The van der Waals surface area contributed by atoms with Crippen LogP contribution in [0.4, 0.5) is 0 Å². The van der Waals surface area contributed by atoms with Crippen LogP contribution in [0.3, 0.4) is 0 Å². The van der Waals surface area contributed by atoms with Crippen LogP contribution in [-0.2, 0) is 31.6 Å². The largest absolute Gasteiger partial charge is 0.728 e. The molecule has 0 aliphatic heterocycles. The molecule has 1 aromatic carbocycles. The van der Waals surface area contributed by atoms with Crippen LogP contribution in [0.2, 0.25) is 0 Å². The molecule has 0 aliphatic carbocycles. The standard InChI is InChI=1S/C28H44NO5/c1-13-19(2)16-20(3)32-24(30)15-14-21-17-22(26(4,5)6)25(23(18-21)27(7,8)9)33-29(31)34-28(10,11)12/h16-18H,3,13-15H2,1-2,4-12H3/q-1/b19-16-. The highest BCUT2D eigenvalue weighted by molar-refractivity contribution is 5.71. The lowest BCUT2D eigenvalue weighted by Gasteiger charge is -2.37. The lowest BCUT2D eigenvalue weighted by Crippen LogP contribution is -2.34. The highest BCUT2D eigenvalue weighted by Gasteiger charge is 2.29. The van der Waals surface area contributed by atoms with Gasteiger partial charge in [-0.15, -0.1) is 0 Å². The highest BCUT2D eigenvalue weighted by Crippen LogP contribution is 2.41. The summed E-state index contributed by atoms with van der Waals surface area (Å²) in [5.74, 6) is 0.511. The van der Waals surface area contributed by atoms with Gasteiger partial charge in [0.05, 0.1) is 5.60 Å². The summed E-state index contributed by atoms with van der Waals surface area (Å²) in [4.78, 5) is 23.5. The molecule has 0 saturated heterocycles. The first kappa shape index (κ1) is 29.9. The first-order valence-electron chi connectivity index (χ1n) is 11.9. The normalized spacial score (nSPS) is 13.3. The number of carbonyl (C=O) groups is 1. The Labute approximate surface area is 206 Å². The molecule has 0 radical (unpaired) electrons. The molecule has 0 heterocycles. The smallest absolute Gasteiger partial charge is 0.311 e. The van der Waals surface area contributed by atoms with Gasteiger partial charge >= 0.3 is 5.97 Å². The van der Waals surface area contributed by atoms with Gasteiger partial charge in [0.15, 0.2) is 5.75 Å². The minimum Gasteiger partial charge on any atom is -0.728 e. The van der Waals surface area contributed by atoms with Crippen molar-refractivity contribution in [2.45, 2.75) is 112 Å². The lowest BCUT2D eigenvalue weighted by atomic mass is 9.78. The monoisotopic (exact) mass is 474 g/mol. The fraction of sp³-hybridized carbons (Fsp3) is 0.607. The third-order valence-electron chi connectivity index (χ3n) is 5.11. The third kappa shape index (κ3) is 10.00. The summed E-state index contributed by atoms with van der Waals surface area (Å²) >= 11 is 0. The molecule has 0 bridgehead atoms. The summed E-state index contributed by atoms with van der Waals surface area (Å²) in [6, 6.07) is 4.00. The van der Waals surface area contributed by atoms with E-state index in [-0.39, 0.29) is 28.6 Å². The molecule has 0 aliphatic rings. The average Bonchev–Trinajstić information content (AvgIpc) is 2.63. The Morgan fingerprint density at radius 3 is 1.94 bits per heavy atom. The highest BCUT2D eigenvalue weighted by atomic mass is 17.1. The van der Waals surface area contributed by atoms with E-state index < -0.39 is 5.60 Å². The molecular formula is C28H44NO5-. The van der Waals surface area contributed by atoms with Crippen LogP contribution < -0.4 is 4.84 Å². The number of esters is 1. The molecule has 1 aromatic rings. The van der Waals surface area contributed by atoms with Crippen LogP contribution in [0.15, 0.2) is 36.1 Å². The van der Waals surface area contributed by atoms with Crippen LogP contribution in [0.1, 0.15) is 106 Å². The van der Waals surface area contributed by atoms with E-state index in [2.05, 4.69) is 48.1 Å². The van der Waals surface area contributed by atoms with E-state index >= 15 is 0 Å². The molecule has 6 heteroatoms. The van der Waals surface area contributed by atoms with Gasteiger partial charge in [0.2, 0.25) is 0 Å². The quantitative estimate of drug-likeness (QED) is 0.160. The Hall–Kier alpha value is -2.15. The van der Waals surface area contributed by atoms with Crippen molar-refractivity contribution < 1.29 is 19.2 Å². The Morgan fingerprint density at radius 1 is 1.03 bits per heavy atom. The molecule has 0 unspecified atom stereocenters. The molecule has 0 N–H and O–H groups in total. The van der Waals surface area contributed by atoms with Crippen LogP contribution in [-0.4, -0.2) is 17.0 Å². The van der Waals surface area contributed by atoms with Crippen LogP contribution in [0, 0.1) is 5.21 Å². The SMILES string of the molecule is C=C(/C=C(/C)CC)OC(=O)CCc1cc(C(C)(C)C)c(ON([O-])OC(C)(C)C)c(C(C)(C)C)c1. The molecule has 1 rings (SSSR count). The second-order valence-electron chi connectivity index (χ2n) is 11.8. The van der Waals surface area contributed by atoms with E-state index in [4.69, 9.17) is 14.4 Å². The number of ether oxygens (including phenoxy) is 1. The van der Waals surface area contributed by atoms with Gasteiger partial charge in [-0.2, -0.15) is 0 Å². The molecule has 0 saturated carbocycles. The number of hydrogen-bond donors (Lipinski definition) is 0. The number of benzene rings is 1. The van der Waals surface area contributed by atoms with Gasteiger partial charge in [0, 0.05) is 17.5 Å². The fourth-order valence-electron chi connectivity index (χ4n) is 3.21. The molecule has 0 aromatic heterocycles. The summed E-state index contributed by atoms with van der Waals surface area (Å²) in [5.41, 5.74) is 2.48. The van der Waals surface area contributed by atoms with Gasteiger partial charge in [0.1, 0.15) is 5.76 Å². The summed E-state index contributed by atoms with van der Waals surface area (Å²) in [5, 5.41) is 12.7. The van der Waals surface area contributed by atoms with E-state index in [0.29, 0.717) is 17.9 Å². The number of hydrogen-bond acceptors (Lipinski definition) is 6. The number of nitrogens with zero attached hydrogens (tertiary/aromatic N) is 1. The average molecular weight is 475 g/mol. The first-order chi connectivity index (χ1) is 15.3. The zero-order valence-corrected chi connectivity index (χ0v) is 23.0. The Balaban J connectivity index is 3.28. The van der Waals surface area contributed by atoms with Gasteiger partial charge in [-0.05, 0) is 63.0 Å². The predicted octanol–water partition coefficient (Wildman–Crippen LogP) is 7.45. The predicted molar refractivity (Wildman–Crippen MR) is 138 cm³/mol. The Morgan fingerprint density at radius 2 is 1.53 bits per heavy atom. The Bertz CT molecular complexity index is 860. The van der Waals surface area contributed by atoms with Crippen molar-refractivity contribution in [2.24, 2.45) is 0 Å². The second-order valence-corrected chi connectivity index (χ2v) is 11.8. The fourth-order valence-corrected chi connectivity index (χ4v) is 3.21. The van der Waals surface area contributed by atoms with Gasteiger partial charge < -0.3 is 14.8 Å². The van der Waals surface area contributed by atoms with Crippen molar-refractivity contribution >= 4 is 5.97 Å².